The van der Waals surface area contributed by atoms with Crippen molar-refractivity contribution < 1.29 is 19.1 Å². The third-order valence-electron chi connectivity index (χ3n) is 5.32. The summed E-state index contributed by atoms with van der Waals surface area (Å²) in [6, 6.07) is 12.4. The molecule has 0 spiro atoms. The lowest BCUT2D eigenvalue weighted by atomic mass is 10.0. The van der Waals surface area contributed by atoms with Crippen molar-refractivity contribution in [3.63, 3.8) is 0 Å². The number of anilines is 3. The summed E-state index contributed by atoms with van der Waals surface area (Å²) in [5, 5.41) is 6.10. The Balaban J connectivity index is 1.48. The number of H-pyrrole nitrogens is 2. The molecule has 0 saturated carbocycles. The van der Waals surface area contributed by atoms with E-state index in [2.05, 4.69) is 20.6 Å². The van der Waals surface area contributed by atoms with Crippen LogP contribution in [0, 0.1) is 0 Å². The lowest BCUT2D eigenvalue weighted by molar-refractivity contribution is -0.110. The van der Waals surface area contributed by atoms with Gasteiger partial charge in [-0.3, -0.25) is 4.79 Å². The van der Waals surface area contributed by atoms with E-state index in [0.29, 0.717) is 46.3 Å². The molecule has 4 N–H and O–H groups in total. The molecule has 9 heteroatoms. The number of esters is 1. The van der Waals surface area contributed by atoms with Gasteiger partial charge in [0.05, 0.1) is 41.8 Å². The molecule has 2 aromatic carbocycles. The number of carbonyl (C=O) groups excluding carboxylic acids is 2. The fourth-order valence-corrected chi connectivity index (χ4v) is 3.80. The van der Waals surface area contributed by atoms with Crippen LogP contribution in [0.4, 0.5) is 17.3 Å². The highest BCUT2D eigenvalue weighted by atomic mass is 16.5. The van der Waals surface area contributed by atoms with E-state index in [9.17, 15) is 9.59 Å². The molecule has 0 fully saturated rings. The quantitative estimate of drug-likeness (QED) is 0.260. The molecule has 0 radical (unpaired) electrons. The molecule has 1 aliphatic rings. The summed E-state index contributed by atoms with van der Waals surface area (Å²) in [6.45, 7) is 2.09. The monoisotopic (exact) mass is 443 g/mol. The van der Waals surface area contributed by atoms with Crippen molar-refractivity contribution in [3.05, 3.63) is 65.5 Å². The Hall–Kier alpha value is -4.53. The van der Waals surface area contributed by atoms with E-state index in [4.69, 9.17) is 14.5 Å². The highest BCUT2D eigenvalue weighted by Gasteiger charge is 2.28. The SMILES string of the molecule is CCOC(=O)c1ccc(Nc2nc3c4c(ccc3[nH]2)NC(=O)C4=Cc2[nH]ccc2OC)cc1. The van der Waals surface area contributed by atoms with Crippen molar-refractivity contribution in [2.75, 3.05) is 24.4 Å². The summed E-state index contributed by atoms with van der Waals surface area (Å²) in [5.74, 6) is 0.588. The van der Waals surface area contributed by atoms with Gasteiger partial charge in [0, 0.05) is 17.4 Å². The molecule has 0 saturated heterocycles. The number of carbonyl (C=O) groups is 2. The number of rotatable bonds is 6. The summed E-state index contributed by atoms with van der Waals surface area (Å²) >= 11 is 0. The number of amides is 1. The van der Waals surface area contributed by atoms with Crippen LogP contribution in [-0.4, -0.2) is 40.5 Å². The highest BCUT2D eigenvalue weighted by molar-refractivity contribution is 6.37. The minimum Gasteiger partial charge on any atom is -0.495 e. The van der Waals surface area contributed by atoms with Gasteiger partial charge < -0.3 is 30.1 Å². The first-order chi connectivity index (χ1) is 16.1. The molecule has 1 amide bonds. The zero-order valence-electron chi connectivity index (χ0n) is 18.0. The summed E-state index contributed by atoms with van der Waals surface area (Å²) in [7, 11) is 1.58. The zero-order chi connectivity index (χ0) is 22.9. The number of nitrogens with zero attached hydrogens (tertiary/aromatic N) is 1. The van der Waals surface area contributed by atoms with Crippen molar-refractivity contribution in [3.8, 4) is 5.75 Å². The maximum Gasteiger partial charge on any atom is 0.338 e. The van der Waals surface area contributed by atoms with E-state index >= 15 is 0 Å². The smallest absolute Gasteiger partial charge is 0.338 e. The van der Waals surface area contributed by atoms with E-state index in [1.54, 1.807) is 56.6 Å². The van der Waals surface area contributed by atoms with Gasteiger partial charge >= 0.3 is 5.97 Å². The second kappa shape index (κ2) is 8.19. The van der Waals surface area contributed by atoms with E-state index in [-0.39, 0.29) is 11.9 Å². The third-order valence-corrected chi connectivity index (χ3v) is 5.32. The Morgan fingerprint density at radius 1 is 1.15 bits per heavy atom. The van der Waals surface area contributed by atoms with E-state index in [0.717, 1.165) is 16.8 Å². The minimum atomic E-state index is -0.362. The number of aromatic nitrogens is 3. The van der Waals surface area contributed by atoms with Crippen LogP contribution >= 0.6 is 0 Å². The van der Waals surface area contributed by atoms with Crippen LogP contribution in [0.2, 0.25) is 0 Å². The number of hydrogen-bond acceptors (Lipinski definition) is 6. The maximum absolute atomic E-state index is 12.7. The van der Waals surface area contributed by atoms with Crippen molar-refractivity contribution in [1.82, 2.24) is 15.0 Å². The number of nitrogens with one attached hydrogen (secondary N) is 4. The van der Waals surface area contributed by atoms with Crippen molar-refractivity contribution in [2.24, 2.45) is 0 Å². The van der Waals surface area contributed by atoms with Gasteiger partial charge in [-0.1, -0.05) is 0 Å². The fraction of sp³-hybridized carbons (Fsp3) is 0.125. The fourth-order valence-electron chi connectivity index (χ4n) is 3.80. The first-order valence-electron chi connectivity index (χ1n) is 10.4. The summed E-state index contributed by atoms with van der Waals surface area (Å²) in [6.07, 6.45) is 3.51. The number of benzene rings is 2. The van der Waals surface area contributed by atoms with E-state index in [1.165, 1.54) is 0 Å². The number of hydrogen-bond donors (Lipinski definition) is 4. The number of ether oxygens (including phenoxy) is 2. The van der Waals surface area contributed by atoms with Crippen LogP contribution < -0.4 is 15.4 Å². The molecule has 0 atom stereocenters. The van der Waals surface area contributed by atoms with Gasteiger partial charge in [0.15, 0.2) is 0 Å². The minimum absolute atomic E-state index is 0.207. The number of aromatic amines is 2. The molecule has 9 nitrogen and oxygen atoms in total. The first-order valence-corrected chi connectivity index (χ1v) is 10.4. The second-order valence-corrected chi connectivity index (χ2v) is 7.36. The normalized spacial score (nSPS) is 13.8. The van der Waals surface area contributed by atoms with Gasteiger partial charge in [-0.2, -0.15) is 0 Å². The molecule has 0 unspecified atom stereocenters. The van der Waals surface area contributed by atoms with Gasteiger partial charge in [0.2, 0.25) is 5.95 Å². The summed E-state index contributed by atoms with van der Waals surface area (Å²) in [4.78, 5) is 35.6. The second-order valence-electron chi connectivity index (χ2n) is 7.36. The maximum atomic E-state index is 12.7. The topological polar surface area (TPSA) is 121 Å². The van der Waals surface area contributed by atoms with Crippen LogP contribution in [0.15, 0.2) is 48.7 Å². The molecule has 166 valence electrons. The lowest BCUT2D eigenvalue weighted by Crippen LogP contribution is -2.04. The molecule has 1 aliphatic heterocycles. The van der Waals surface area contributed by atoms with E-state index < -0.39 is 0 Å². The summed E-state index contributed by atoms with van der Waals surface area (Å²) < 4.78 is 10.4. The number of fused-ring (bicyclic) bond motifs is 3. The Morgan fingerprint density at radius 2 is 1.97 bits per heavy atom. The summed E-state index contributed by atoms with van der Waals surface area (Å²) in [5.41, 5.74) is 5.27. The van der Waals surface area contributed by atoms with Crippen LogP contribution in [0.3, 0.4) is 0 Å². The number of methoxy groups -OCH3 is 1. The van der Waals surface area contributed by atoms with Gasteiger partial charge in [-0.25, -0.2) is 9.78 Å². The first kappa shape index (κ1) is 20.4. The molecule has 5 rings (SSSR count). The average Bonchev–Trinajstić information content (AvgIpc) is 3.51. The van der Waals surface area contributed by atoms with Crippen LogP contribution in [0.5, 0.6) is 5.75 Å². The molecule has 0 aliphatic carbocycles. The van der Waals surface area contributed by atoms with Crippen LogP contribution in [-0.2, 0) is 9.53 Å². The molecular weight excluding hydrogens is 422 g/mol. The van der Waals surface area contributed by atoms with Gasteiger partial charge in [-0.15, -0.1) is 0 Å². The van der Waals surface area contributed by atoms with Crippen LogP contribution in [0.1, 0.15) is 28.5 Å². The Bertz CT molecular complexity index is 1400. The van der Waals surface area contributed by atoms with Crippen molar-refractivity contribution >= 4 is 51.9 Å². The van der Waals surface area contributed by atoms with Crippen molar-refractivity contribution in [1.29, 1.82) is 0 Å². The zero-order valence-corrected chi connectivity index (χ0v) is 18.0. The van der Waals surface area contributed by atoms with Crippen LogP contribution in [0.25, 0.3) is 22.7 Å². The van der Waals surface area contributed by atoms with Crippen molar-refractivity contribution in [2.45, 2.75) is 6.92 Å². The molecule has 33 heavy (non-hydrogen) atoms. The Morgan fingerprint density at radius 3 is 2.73 bits per heavy atom. The predicted octanol–water partition coefficient (Wildman–Crippen LogP) is 4.31. The Kier molecular flexibility index (Phi) is 5.06. The Labute approximate surface area is 188 Å². The molecular formula is C24H21N5O4. The van der Waals surface area contributed by atoms with Gasteiger partial charge in [-0.05, 0) is 55.5 Å². The van der Waals surface area contributed by atoms with Gasteiger partial charge in [0.25, 0.3) is 5.91 Å². The molecule has 0 bridgehead atoms. The molecule has 2 aromatic heterocycles. The molecule has 3 heterocycles. The van der Waals surface area contributed by atoms with Gasteiger partial charge in [0.1, 0.15) is 11.3 Å². The molecule has 4 aromatic rings. The predicted molar refractivity (Wildman–Crippen MR) is 126 cm³/mol. The highest BCUT2D eigenvalue weighted by Crippen LogP contribution is 2.39. The lowest BCUT2D eigenvalue weighted by Gasteiger charge is -2.05. The standard InChI is InChI=1S/C24H21N5O4/c1-3-33-23(31)13-4-6-14(7-5-13)26-24-28-17-9-8-16-20(21(17)29-24)15(22(30)27-16)12-18-19(32-2)10-11-25-18/h4-12,25H,3H2,1-2H3,(H,27,30)(H2,26,28,29). The third kappa shape index (κ3) is 3.69. The number of imidazole rings is 1. The van der Waals surface area contributed by atoms with E-state index in [1.807, 2.05) is 12.1 Å². The average molecular weight is 443 g/mol. The largest absolute Gasteiger partial charge is 0.495 e.